The van der Waals surface area contributed by atoms with Crippen molar-refractivity contribution in [1.29, 1.82) is 0 Å². The highest BCUT2D eigenvalue weighted by Gasteiger charge is 2.40. The molecule has 1 fully saturated rings. The van der Waals surface area contributed by atoms with Crippen LogP contribution in [0.25, 0.3) is 0 Å². The van der Waals surface area contributed by atoms with Crippen molar-refractivity contribution in [3.05, 3.63) is 23.3 Å². The summed E-state index contributed by atoms with van der Waals surface area (Å²) in [7, 11) is 0. The van der Waals surface area contributed by atoms with Gasteiger partial charge >= 0.3 is 0 Å². The van der Waals surface area contributed by atoms with Crippen LogP contribution in [0.4, 0.5) is 0 Å². The van der Waals surface area contributed by atoms with E-state index in [9.17, 15) is 0 Å². The third kappa shape index (κ3) is 4.89. The summed E-state index contributed by atoms with van der Waals surface area (Å²) in [5.41, 5.74) is 4.03. The summed E-state index contributed by atoms with van der Waals surface area (Å²) in [6.07, 6.45) is 9.91. The second kappa shape index (κ2) is 6.73. The van der Waals surface area contributed by atoms with Gasteiger partial charge in [0.1, 0.15) is 0 Å². The minimum Gasteiger partial charge on any atom is -0.318 e. The van der Waals surface area contributed by atoms with Crippen molar-refractivity contribution < 1.29 is 4.18 Å². The molecule has 1 nitrogen and oxygen atoms in total. The smallest absolute Gasteiger partial charge is 0.0644 e. The van der Waals surface area contributed by atoms with Gasteiger partial charge in [-0.05, 0) is 67.2 Å². The maximum atomic E-state index is 5.00. The fraction of sp³-hybridized carbons (Fsp3) is 0.800. The number of rotatable bonds is 5. The zero-order valence-corrected chi connectivity index (χ0v) is 16.2. The Bertz CT molecular complexity index is 447. The van der Waals surface area contributed by atoms with E-state index < -0.39 is 0 Å². The standard InChI is InChI=1S/C20H34OS/c1-19(2,3)12-18(20(4,5)6)15-9-7-14(8-10-15)17-11-16(17)13-21-22/h7,9,16-18,22H,8,10-13H2,1-6H3/t16-,17?,18+/m0/s1. The van der Waals surface area contributed by atoms with Gasteiger partial charge in [-0.25, -0.2) is 0 Å². The Labute approximate surface area is 143 Å². The summed E-state index contributed by atoms with van der Waals surface area (Å²) in [6, 6.07) is 0. The van der Waals surface area contributed by atoms with Crippen LogP contribution in [0.3, 0.4) is 0 Å². The lowest BCUT2D eigenvalue weighted by atomic mass is 9.67. The van der Waals surface area contributed by atoms with Gasteiger partial charge in [0.05, 0.1) is 6.61 Å². The number of thiol groups is 1. The van der Waals surface area contributed by atoms with Crippen LogP contribution in [0, 0.1) is 28.6 Å². The molecule has 0 aromatic rings. The van der Waals surface area contributed by atoms with Crippen molar-refractivity contribution in [1.82, 2.24) is 0 Å². The van der Waals surface area contributed by atoms with E-state index >= 15 is 0 Å². The molecule has 0 aliphatic heterocycles. The van der Waals surface area contributed by atoms with Crippen LogP contribution in [0.5, 0.6) is 0 Å². The lowest BCUT2D eigenvalue weighted by Crippen LogP contribution is -2.28. The van der Waals surface area contributed by atoms with Gasteiger partial charge < -0.3 is 4.18 Å². The topological polar surface area (TPSA) is 9.23 Å². The molecule has 0 bridgehead atoms. The summed E-state index contributed by atoms with van der Waals surface area (Å²) in [4.78, 5) is 0. The van der Waals surface area contributed by atoms with Gasteiger partial charge in [-0.3, -0.25) is 0 Å². The second-order valence-electron chi connectivity index (χ2n) is 9.56. The average Bonchev–Trinajstić information content (AvgIpc) is 3.14. The molecule has 1 saturated carbocycles. The van der Waals surface area contributed by atoms with Gasteiger partial charge in [-0.15, -0.1) is 0 Å². The molecule has 22 heavy (non-hydrogen) atoms. The maximum absolute atomic E-state index is 5.00. The van der Waals surface area contributed by atoms with E-state index in [0.29, 0.717) is 22.7 Å². The van der Waals surface area contributed by atoms with E-state index in [0.717, 1.165) is 12.5 Å². The molecular formula is C20H34OS. The first-order valence-electron chi connectivity index (χ1n) is 8.77. The summed E-state index contributed by atoms with van der Waals surface area (Å²) >= 11 is 3.89. The Morgan fingerprint density at radius 2 is 1.82 bits per heavy atom. The van der Waals surface area contributed by atoms with Crippen molar-refractivity contribution in [2.75, 3.05) is 6.61 Å². The molecular weight excluding hydrogens is 288 g/mol. The number of hydrogen-bond donors (Lipinski definition) is 1. The predicted octanol–water partition coefficient (Wildman–Crippen LogP) is 6.23. The first-order chi connectivity index (χ1) is 10.1. The van der Waals surface area contributed by atoms with E-state index in [-0.39, 0.29) is 0 Å². The van der Waals surface area contributed by atoms with Crippen molar-refractivity contribution in [2.45, 2.75) is 67.2 Å². The van der Waals surface area contributed by atoms with Crippen molar-refractivity contribution >= 4 is 12.9 Å². The number of allylic oxidation sites excluding steroid dienone is 4. The van der Waals surface area contributed by atoms with Crippen LogP contribution >= 0.6 is 12.9 Å². The predicted molar refractivity (Wildman–Crippen MR) is 99.0 cm³/mol. The van der Waals surface area contributed by atoms with Crippen molar-refractivity contribution in [3.63, 3.8) is 0 Å². The van der Waals surface area contributed by atoms with E-state index in [1.54, 1.807) is 11.1 Å². The van der Waals surface area contributed by atoms with Gasteiger partial charge in [0.2, 0.25) is 0 Å². The monoisotopic (exact) mass is 322 g/mol. The Balaban J connectivity index is 2.08. The lowest BCUT2D eigenvalue weighted by Gasteiger charge is -2.38. The second-order valence-corrected chi connectivity index (χ2v) is 9.82. The Kier molecular flexibility index (Phi) is 5.54. The summed E-state index contributed by atoms with van der Waals surface area (Å²) in [5.74, 6) is 2.16. The SMILES string of the molecule is CC(C)(C)C[C@H](C1=CC=C(C2C[C@H]2COS)CC1)C(C)(C)C. The average molecular weight is 323 g/mol. The molecule has 0 saturated heterocycles. The summed E-state index contributed by atoms with van der Waals surface area (Å²) in [5, 5.41) is 0. The van der Waals surface area contributed by atoms with Crippen LogP contribution in [-0.4, -0.2) is 6.61 Å². The molecule has 2 aliphatic rings. The molecule has 0 heterocycles. The summed E-state index contributed by atoms with van der Waals surface area (Å²) in [6.45, 7) is 15.1. The molecule has 0 amide bonds. The largest absolute Gasteiger partial charge is 0.318 e. The zero-order chi connectivity index (χ0) is 16.5. The highest BCUT2D eigenvalue weighted by atomic mass is 32.1. The van der Waals surface area contributed by atoms with Gasteiger partial charge in [-0.2, -0.15) is 0 Å². The van der Waals surface area contributed by atoms with Gasteiger partial charge in [0.25, 0.3) is 0 Å². The fourth-order valence-electron chi connectivity index (χ4n) is 3.86. The van der Waals surface area contributed by atoms with Gasteiger partial charge in [-0.1, -0.05) is 64.8 Å². The lowest BCUT2D eigenvalue weighted by molar-refractivity contribution is 0.192. The minimum absolute atomic E-state index is 0.340. The quantitative estimate of drug-likeness (QED) is 0.466. The van der Waals surface area contributed by atoms with E-state index in [2.05, 4.69) is 66.6 Å². The molecule has 0 N–H and O–H groups in total. The Morgan fingerprint density at radius 3 is 2.27 bits per heavy atom. The first-order valence-corrected chi connectivity index (χ1v) is 9.14. The highest BCUT2D eigenvalue weighted by molar-refractivity contribution is 7.75. The van der Waals surface area contributed by atoms with Crippen LogP contribution in [0.2, 0.25) is 0 Å². The third-order valence-electron chi connectivity index (χ3n) is 5.21. The third-order valence-corrected chi connectivity index (χ3v) is 5.36. The van der Waals surface area contributed by atoms with Gasteiger partial charge in [0.15, 0.2) is 0 Å². The van der Waals surface area contributed by atoms with Crippen LogP contribution in [-0.2, 0) is 4.18 Å². The molecule has 2 rings (SSSR count). The molecule has 0 aromatic heterocycles. The van der Waals surface area contributed by atoms with Crippen LogP contribution in [0.1, 0.15) is 67.2 Å². The van der Waals surface area contributed by atoms with E-state index in [1.807, 2.05) is 0 Å². The molecule has 0 spiro atoms. The van der Waals surface area contributed by atoms with E-state index in [1.165, 1.54) is 25.7 Å². The minimum atomic E-state index is 0.340. The van der Waals surface area contributed by atoms with E-state index in [4.69, 9.17) is 4.18 Å². The number of hydrogen-bond acceptors (Lipinski definition) is 2. The van der Waals surface area contributed by atoms with Crippen molar-refractivity contribution in [2.24, 2.45) is 28.6 Å². The van der Waals surface area contributed by atoms with Gasteiger partial charge in [0, 0.05) is 0 Å². The first kappa shape index (κ1) is 18.1. The molecule has 2 aliphatic carbocycles. The van der Waals surface area contributed by atoms with Crippen LogP contribution in [0.15, 0.2) is 23.3 Å². The molecule has 0 aromatic carbocycles. The molecule has 2 heteroatoms. The Morgan fingerprint density at radius 1 is 1.14 bits per heavy atom. The Hall–Kier alpha value is -0.210. The normalized spacial score (nSPS) is 27.2. The summed E-state index contributed by atoms with van der Waals surface area (Å²) < 4.78 is 5.00. The maximum Gasteiger partial charge on any atom is 0.0644 e. The molecule has 3 atom stereocenters. The van der Waals surface area contributed by atoms with Crippen molar-refractivity contribution in [3.8, 4) is 0 Å². The fourth-order valence-corrected chi connectivity index (χ4v) is 4.05. The molecule has 126 valence electrons. The van der Waals surface area contributed by atoms with Crippen LogP contribution < -0.4 is 0 Å². The molecule has 0 radical (unpaired) electrons. The highest BCUT2D eigenvalue weighted by Crippen LogP contribution is 2.49. The zero-order valence-electron chi connectivity index (χ0n) is 15.3. The molecule has 1 unspecified atom stereocenters.